The molecule has 2 amide bonds. The molecule has 8 heteroatoms. The maximum Gasteiger partial charge on any atom is 0.318 e. The molecule has 28 heavy (non-hydrogen) atoms. The van der Waals surface area contributed by atoms with Crippen molar-refractivity contribution in [2.24, 2.45) is 5.92 Å². The molecule has 1 aromatic carbocycles. The van der Waals surface area contributed by atoms with Crippen LogP contribution in [0.1, 0.15) is 30.7 Å². The van der Waals surface area contributed by atoms with Crippen molar-refractivity contribution >= 4 is 6.03 Å². The summed E-state index contributed by atoms with van der Waals surface area (Å²) in [5, 5.41) is 16.9. The van der Waals surface area contributed by atoms with Gasteiger partial charge in [0.05, 0.1) is 19.3 Å². The Labute approximate surface area is 163 Å². The van der Waals surface area contributed by atoms with Crippen molar-refractivity contribution in [1.29, 1.82) is 0 Å². The summed E-state index contributed by atoms with van der Waals surface area (Å²) in [5.41, 5.74) is 1.93. The number of benzene rings is 1. The van der Waals surface area contributed by atoms with E-state index in [0.29, 0.717) is 31.3 Å². The average Bonchev–Trinajstić information content (AvgIpc) is 3.34. The molecule has 2 aliphatic rings. The zero-order valence-electron chi connectivity index (χ0n) is 16.0. The first kappa shape index (κ1) is 18.9. The molecular formula is C20H26N4O4. The van der Waals surface area contributed by atoms with Crippen molar-refractivity contribution in [1.82, 2.24) is 20.4 Å². The molecule has 3 heterocycles. The second-order valence-corrected chi connectivity index (χ2v) is 7.58. The summed E-state index contributed by atoms with van der Waals surface area (Å²) < 4.78 is 10.9. The van der Waals surface area contributed by atoms with Gasteiger partial charge in [0.15, 0.2) is 5.82 Å². The molecule has 3 unspecified atom stereocenters. The highest BCUT2D eigenvalue weighted by Crippen LogP contribution is 2.29. The fourth-order valence-corrected chi connectivity index (χ4v) is 4.10. The molecule has 0 spiro atoms. The van der Waals surface area contributed by atoms with E-state index in [1.165, 1.54) is 0 Å². The Kier molecular flexibility index (Phi) is 5.59. The Morgan fingerprint density at radius 3 is 3.04 bits per heavy atom. The van der Waals surface area contributed by atoms with Crippen molar-refractivity contribution in [3.05, 3.63) is 35.7 Å². The number of nitrogens with one attached hydrogen (secondary N) is 1. The molecule has 2 aromatic rings. The van der Waals surface area contributed by atoms with E-state index in [-0.39, 0.29) is 24.5 Å². The van der Waals surface area contributed by atoms with Gasteiger partial charge in [-0.3, -0.25) is 0 Å². The van der Waals surface area contributed by atoms with Gasteiger partial charge in [0.1, 0.15) is 0 Å². The van der Waals surface area contributed by atoms with Gasteiger partial charge in [-0.05, 0) is 37.8 Å². The lowest BCUT2D eigenvalue weighted by Gasteiger charge is -2.33. The molecule has 2 saturated heterocycles. The largest absolute Gasteiger partial charge is 0.391 e. The van der Waals surface area contributed by atoms with Crippen LogP contribution in [0.5, 0.6) is 0 Å². The third-order valence-corrected chi connectivity index (χ3v) is 5.56. The molecule has 2 fully saturated rings. The van der Waals surface area contributed by atoms with E-state index in [2.05, 4.69) is 15.5 Å². The van der Waals surface area contributed by atoms with E-state index in [0.717, 1.165) is 30.6 Å². The quantitative estimate of drug-likeness (QED) is 0.835. The SMILES string of the molecule is Cc1ccccc1-c1nc(CNC(=O)N2CC(O)CC2C2CCCOC2)no1. The predicted molar refractivity (Wildman–Crippen MR) is 101 cm³/mol. The van der Waals surface area contributed by atoms with Crippen LogP contribution in [-0.4, -0.2) is 58.1 Å². The van der Waals surface area contributed by atoms with Crippen LogP contribution in [0.4, 0.5) is 4.79 Å². The standard InChI is InChI=1S/C20H26N4O4/c1-13-5-2-3-7-16(13)19-22-18(23-28-19)10-21-20(26)24-11-15(25)9-17(24)14-6-4-8-27-12-14/h2-3,5,7,14-15,17,25H,4,6,8-12H2,1H3,(H,21,26). The molecule has 8 nitrogen and oxygen atoms in total. The number of aromatic nitrogens is 2. The Morgan fingerprint density at radius 2 is 2.25 bits per heavy atom. The van der Waals surface area contributed by atoms with Crippen LogP contribution in [0.15, 0.2) is 28.8 Å². The average molecular weight is 386 g/mol. The minimum absolute atomic E-state index is 0.00287. The van der Waals surface area contributed by atoms with Crippen LogP contribution in [-0.2, 0) is 11.3 Å². The molecule has 0 radical (unpaired) electrons. The number of amides is 2. The van der Waals surface area contributed by atoms with Crippen LogP contribution in [0.25, 0.3) is 11.5 Å². The minimum Gasteiger partial charge on any atom is -0.391 e. The molecule has 2 aliphatic heterocycles. The molecule has 150 valence electrons. The Morgan fingerprint density at radius 1 is 1.39 bits per heavy atom. The van der Waals surface area contributed by atoms with Gasteiger partial charge >= 0.3 is 6.03 Å². The highest BCUT2D eigenvalue weighted by atomic mass is 16.5. The Hall–Kier alpha value is -2.45. The van der Waals surface area contributed by atoms with E-state index in [4.69, 9.17) is 9.26 Å². The molecule has 0 saturated carbocycles. The molecular weight excluding hydrogens is 360 g/mol. The van der Waals surface area contributed by atoms with Crippen molar-refractivity contribution < 1.29 is 19.2 Å². The molecule has 4 rings (SSSR count). The zero-order chi connectivity index (χ0) is 19.5. The van der Waals surface area contributed by atoms with Crippen LogP contribution in [0.3, 0.4) is 0 Å². The van der Waals surface area contributed by atoms with Gasteiger partial charge in [0, 0.05) is 30.7 Å². The summed E-state index contributed by atoms with van der Waals surface area (Å²) in [5.74, 6) is 1.13. The van der Waals surface area contributed by atoms with E-state index in [9.17, 15) is 9.90 Å². The first-order chi connectivity index (χ1) is 13.6. The number of carbonyl (C=O) groups excluding carboxylic acids is 1. The highest BCUT2D eigenvalue weighted by Gasteiger charge is 2.39. The van der Waals surface area contributed by atoms with Gasteiger partial charge < -0.3 is 24.6 Å². The third kappa shape index (κ3) is 4.02. The van der Waals surface area contributed by atoms with Crippen molar-refractivity contribution in [3.63, 3.8) is 0 Å². The summed E-state index contributed by atoms with van der Waals surface area (Å²) in [7, 11) is 0. The number of aliphatic hydroxyl groups is 1. The van der Waals surface area contributed by atoms with E-state index < -0.39 is 6.10 Å². The maximum absolute atomic E-state index is 12.7. The Bertz CT molecular complexity index is 818. The lowest BCUT2D eigenvalue weighted by Crippen LogP contribution is -2.47. The summed E-state index contributed by atoms with van der Waals surface area (Å²) in [6, 6.07) is 7.57. The van der Waals surface area contributed by atoms with Crippen LogP contribution < -0.4 is 5.32 Å². The molecule has 1 aromatic heterocycles. The van der Waals surface area contributed by atoms with Gasteiger partial charge in [-0.2, -0.15) is 4.98 Å². The van der Waals surface area contributed by atoms with Gasteiger partial charge in [0.25, 0.3) is 5.89 Å². The second-order valence-electron chi connectivity index (χ2n) is 7.58. The monoisotopic (exact) mass is 386 g/mol. The fraction of sp³-hybridized carbons (Fsp3) is 0.550. The summed E-state index contributed by atoms with van der Waals surface area (Å²) in [6.45, 7) is 3.92. The zero-order valence-corrected chi connectivity index (χ0v) is 16.0. The summed E-state index contributed by atoms with van der Waals surface area (Å²) >= 11 is 0. The van der Waals surface area contributed by atoms with Crippen molar-refractivity contribution in [2.75, 3.05) is 19.8 Å². The molecule has 3 atom stereocenters. The maximum atomic E-state index is 12.7. The number of aryl methyl sites for hydroxylation is 1. The fourth-order valence-electron chi connectivity index (χ4n) is 4.10. The molecule has 2 N–H and O–H groups in total. The van der Waals surface area contributed by atoms with Gasteiger partial charge in [-0.25, -0.2) is 4.79 Å². The van der Waals surface area contributed by atoms with Crippen molar-refractivity contribution in [2.45, 2.75) is 44.9 Å². The number of rotatable bonds is 4. The number of ether oxygens (including phenoxy) is 1. The van der Waals surface area contributed by atoms with Crippen molar-refractivity contribution in [3.8, 4) is 11.5 Å². The predicted octanol–water partition coefficient (Wildman–Crippen LogP) is 2.12. The summed E-state index contributed by atoms with van der Waals surface area (Å²) in [4.78, 5) is 18.8. The first-order valence-electron chi connectivity index (χ1n) is 9.80. The van der Waals surface area contributed by atoms with Gasteiger partial charge in [0.2, 0.25) is 0 Å². The number of urea groups is 1. The lowest BCUT2D eigenvalue weighted by molar-refractivity contribution is 0.0259. The molecule has 0 aliphatic carbocycles. The number of carbonyl (C=O) groups is 1. The van der Waals surface area contributed by atoms with Gasteiger partial charge in [-0.15, -0.1) is 0 Å². The van der Waals surface area contributed by atoms with Crippen LogP contribution in [0, 0.1) is 12.8 Å². The van der Waals surface area contributed by atoms with Crippen LogP contribution in [0.2, 0.25) is 0 Å². The number of β-amino-alcohol motifs (C(OH)–C–C–N with tert-alkyl or cyclic N) is 1. The summed E-state index contributed by atoms with van der Waals surface area (Å²) in [6.07, 6.45) is 2.12. The smallest absolute Gasteiger partial charge is 0.318 e. The number of nitrogens with zero attached hydrogens (tertiary/aromatic N) is 3. The normalized spacial score (nSPS) is 25.1. The van der Waals surface area contributed by atoms with Crippen LogP contribution >= 0.6 is 0 Å². The first-order valence-corrected chi connectivity index (χ1v) is 9.80. The number of hydrogen-bond donors (Lipinski definition) is 2. The number of likely N-dealkylation sites (tertiary alicyclic amines) is 1. The number of aliphatic hydroxyl groups excluding tert-OH is 1. The van der Waals surface area contributed by atoms with E-state index in [1.54, 1.807) is 4.90 Å². The molecule has 0 bridgehead atoms. The highest BCUT2D eigenvalue weighted by molar-refractivity contribution is 5.75. The topological polar surface area (TPSA) is 101 Å². The second kappa shape index (κ2) is 8.28. The lowest BCUT2D eigenvalue weighted by atomic mass is 9.92. The minimum atomic E-state index is -0.490. The van der Waals surface area contributed by atoms with E-state index in [1.807, 2.05) is 31.2 Å². The van der Waals surface area contributed by atoms with E-state index >= 15 is 0 Å². The van der Waals surface area contributed by atoms with Gasteiger partial charge in [-0.1, -0.05) is 23.4 Å². The Balaban J connectivity index is 1.38. The number of hydrogen-bond acceptors (Lipinski definition) is 6. The third-order valence-electron chi connectivity index (χ3n) is 5.56.